The number of morpholine rings is 1. The summed E-state index contributed by atoms with van der Waals surface area (Å²) in [6.07, 6.45) is 0. The van der Waals surface area contributed by atoms with Crippen LogP contribution in [0.25, 0.3) is 0 Å². The van der Waals surface area contributed by atoms with Crippen LogP contribution >= 0.6 is 35.3 Å². The zero-order valence-electron chi connectivity index (χ0n) is 18.5. The van der Waals surface area contributed by atoms with Gasteiger partial charge in [0.15, 0.2) is 12.6 Å². The van der Waals surface area contributed by atoms with Gasteiger partial charge in [-0.3, -0.25) is 14.7 Å². The number of benzene rings is 1. The Morgan fingerprint density at radius 1 is 1.28 bits per heavy atom. The molecule has 4 N–H and O–H groups in total. The molecular formula is C22H32IN5O3S. The number of hydrogen-bond donors (Lipinski definition) is 3. The standard InChI is InChI=1S/C22H31N5O3S.HI/c1-16-6-7-20(31-16)19(27-8-10-29-11-9-27)14-26-22(24-2)25-13-17-4-3-5-18(12-17)30-15-21(23)28;/h3-7,12,19H,8-11,13-15H2,1-2H3,(H2,23,28)(H2,24,25,26);1H. The minimum Gasteiger partial charge on any atom is -0.484 e. The molecule has 0 radical (unpaired) electrons. The Morgan fingerprint density at radius 3 is 2.72 bits per heavy atom. The van der Waals surface area contributed by atoms with E-state index in [-0.39, 0.29) is 36.6 Å². The molecule has 1 aromatic carbocycles. The SMILES string of the molecule is CN=C(NCc1cccc(OCC(N)=O)c1)NCC(c1ccc(C)s1)N1CCOCC1.I. The van der Waals surface area contributed by atoms with Crippen molar-refractivity contribution in [3.63, 3.8) is 0 Å². The van der Waals surface area contributed by atoms with Gasteiger partial charge in [-0.2, -0.15) is 0 Å². The average Bonchev–Trinajstić information content (AvgIpc) is 3.21. The zero-order chi connectivity index (χ0) is 22.1. The number of halogens is 1. The predicted molar refractivity (Wildman–Crippen MR) is 139 cm³/mol. The predicted octanol–water partition coefficient (Wildman–Crippen LogP) is 2.28. The van der Waals surface area contributed by atoms with Crippen LogP contribution in [0.3, 0.4) is 0 Å². The second kappa shape index (κ2) is 13.6. The normalized spacial score (nSPS) is 15.5. The molecule has 1 aromatic heterocycles. The lowest BCUT2D eigenvalue weighted by molar-refractivity contribution is -0.119. The van der Waals surface area contributed by atoms with E-state index >= 15 is 0 Å². The summed E-state index contributed by atoms with van der Waals surface area (Å²) >= 11 is 1.84. The maximum absolute atomic E-state index is 10.9. The van der Waals surface area contributed by atoms with E-state index in [2.05, 4.69) is 39.6 Å². The van der Waals surface area contributed by atoms with Crippen molar-refractivity contribution >= 4 is 47.2 Å². The number of thiophene rings is 1. The first kappa shape index (κ1) is 26.4. The lowest BCUT2D eigenvalue weighted by Gasteiger charge is -2.34. The molecule has 1 atom stereocenters. The maximum Gasteiger partial charge on any atom is 0.255 e. The van der Waals surface area contributed by atoms with Gasteiger partial charge in [0.05, 0.1) is 19.3 Å². The van der Waals surface area contributed by atoms with Crippen molar-refractivity contribution in [2.24, 2.45) is 10.7 Å². The Labute approximate surface area is 210 Å². The highest BCUT2D eigenvalue weighted by atomic mass is 127. The molecule has 1 unspecified atom stereocenters. The summed E-state index contributed by atoms with van der Waals surface area (Å²) in [5.41, 5.74) is 6.16. The third-order valence-electron chi connectivity index (χ3n) is 5.00. The third-order valence-corrected chi connectivity index (χ3v) is 6.10. The first-order valence-corrected chi connectivity index (χ1v) is 11.2. The molecule has 176 valence electrons. The van der Waals surface area contributed by atoms with Crippen molar-refractivity contribution in [3.8, 4) is 5.75 Å². The molecule has 1 amide bonds. The Hall–Kier alpha value is -1.89. The first-order chi connectivity index (χ1) is 15.0. The minimum atomic E-state index is -0.496. The van der Waals surface area contributed by atoms with Crippen LogP contribution in [0.1, 0.15) is 21.4 Å². The second-order valence-electron chi connectivity index (χ2n) is 7.32. The van der Waals surface area contributed by atoms with Crippen molar-refractivity contribution in [3.05, 3.63) is 51.7 Å². The smallest absolute Gasteiger partial charge is 0.255 e. The largest absolute Gasteiger partial charge is 0.484 e. The lowest BCUT2D eigenvalue weighted by Crippen LogP contribution is -2.46. The summed E-state index contributed by atoms with van der Waals surface area (Å²) in [4.78, 5) is 20.4. The van der Waals surface area contributed by atoms with E-state index < -0.39 is 5.91 Å². The fourth-order valence-corrected chi connectivity index (χ4v) is 4.44. The highest BCUT2D eigenvalue weighted by Crippen LogP contribution is 2.27. The number of carbonyl (C=O) groups excluding carboxylic acids is 1. The van der Waals surface area contributed by atoms with E-state index in [1.165, 1.54) is 9.75 Å². The fourth-order valence-electron chi connectivity index (χ4n) is 3.43. The summed E-state index contributed by atoms with van der Waals surface area (Å²) < 4.78 is 10.9. The number of rotatable bonds is 9. The van der Waals surface area contributed by atoms with Crippen molar-refractivity contribution in [2.75, 3.05) is 46.5 Å². The number of hydrogen-bond acceptors (Lipinski definition) is 6. The van der Waals surface area contributed by atoms with Crippen LogP contribution in [0.15, 0.2) is 41.4 Å². The Balaban J connectivity index is 0.00000363. The number of ether oxygens (including phenoxy) is 2. The van der Waals surface area contributed by atoms with Gasteiger partial charge in [-0.15, -0.1) is 35.3 Å². The molecule has 2 heterocycles. The lowest BCUT2D eigenvalue weighted by atomic mass is 10.2. The van der Waals surface area contributed by atoms with Crippen LogP contribution in [0.5, 0.6) is 5.75 Å². The number of aliphatic imine (C=N–C) groups is 1. The minimum absolute atomic E-state index is 0. The van der Waals surface area contributed by atoms with Gasteiger partial charge < -0.3 is 25.8 Å². The van der Waals surface area contributed by atoms with Crippen molar-refractivity contribution in [1.82, 2.24) is 15.5 Å². The number of guanidine groups is 1. The summed E-state index contributed by atoms with van der Waals surface area (Å²) in [7, 11) is 1.76. The molecule has 32 heavy (non-hydrogen) atoms. The van der Waals surface area contributed by atoms with E-state index in [0.717, 1.165) is 44.4 Å². The molecule has 0 spiro atoms. The number of aryl methyl sites for hydroxylation is 1. The molecule has 0 saturated carbocycles. The number of nitrogens with zero attached hydrogens (tertiary/aromatic N) is 2. The van der Waals surface area contributed by atoms with Gasteiger partial charge in [-0.25, -0.2) is 0 Å². The van der Waals surface area contributed by atoms with Crippen LogP contribution in [0, 0.1) is 6.92 Å². The highest BCUT2D eigenvalue weighted by molar-refractivity contribution is 14.0. The molecule has 1 aliphatic rings. The molecule has 1 fully saturated rings. The van der Waals surface area contributed by atoms with Crippen LogP contribution < -0.4 is 21.1 Å². The van der Waals surface area contributed by atoms with E-state index in [0.29, 0.717) is 12.3 Å². The van der Waals surface area contributed by atoms with E-state index in [1.54, 1.807) is 13.1 Å². The molecule has 3 rings (SSSR count). The van der Waals surface area contributed by atoms with E-state index in [1.807, 2.05) is 29.5 Å². The van der Waals surface area contributed by atoms with Crippen LogP contribution in [-0.2, 0) is 16.1 Å². The Kier molecular flexibility index (Phi) is 11.2. The van der Waals surface area contributed by atoms with Gasteiger partial charge >= 0.3 is 0 Å². The van der Waals surface area contributed by atoms with Gasteiger partial charge in [0.25, 0.3) is 5.91 Å². The van der Waals surface area contributed by atoms with Gasteiger partial charge in [0.2, 0.25) is 0 Å². The van der Waals surface area contributed by atoms with Crippen molar-refractivity contribution < 1.29 is 14.3 Å². The molecule has 0 aliphatic carbocycles. The molecule has 1 aliphatic heterocycles. The van der Waals surface area contributed by atoms with Gasteiger partial charge in [0, 0.05) is 43.0 Å². The summed E-state index contributed by atoms with van der Waals surface area (Å²) in [5, 5.41) is 6.81. The van der Waals surface area contributed by atoms with Gasteiger partial charge in [-0.05, 0) is 36.8 Å². The number of primary amides is 1. The summed E-state index contributed by atoms with van der Waals surface area (Å²) in [6.45, 7) is 6.71. The molecule has 8 nitrogen and oxygen atoms in total. The molecule has 10 heteroatoms. The highest BCUT2D eigenvalue weighted by Gasteiger charge is 2.24. The van der Waals surface area contributed by atoms with Gasteiger partial charge in [-0.1, -0.05) is 12.1 Å². The van der Waals surface area contributed by atoms with Crippen LogP contribution in [0.4, 0.5) is 0 Å². The number of nitrogens with one attached hydrogen (secondary N) is 2. The Morgan fingerprint density at radius 2 is 2.06 bits per heavy atom. The summed E-state index contributed by atoms with van der Waals surface area (Å²) in [5.74, 6) is 0.848. The average molecular weight is 574 g/mol. The number of carbonyl (C=O) groups is 1. The first-order valence-electron chi connectivity index (χ1n) is 10.4. The van der Waals surface area contributed by atoms with Gasteiger partial charge in [0.1, 0.15) is 5.75 Å². The molecule has 1 saturated heterocycles. The molecule has 2 aromatic rings. The zero-order valence-corrected chi connectivity index (χ0v) is 21.7. The maximum atomic E-state index is 10.9. The van der Waals surface area contributed by atoms with E-state index in [4.69, 9.17) is 15.2 Å². The van der Waals surface area contributed by atoms with Crippen LogP contribution in [-0.4, -0.2) is 63.3 Å². The third kappa shape index (κ3) is 8.23. The molecule has 0 bridgehead atoms. The van der Waals surface area contributed by atoms with Crippen molar-refractivity contribution in [2.45, 2.75) is 19.5 Å². The Bertz CT molecular complexity index is 886. The monoisotopic (exact) mass is 573 g/mol. The molecular weight excluding hydrogens is 541 g/mol. The fraction of sp³-hybridized carbons (Fsp3) is 0.455. The second-order valence-corrected chi connectivity index (χ2v) is 8.64. The summed E-state index contributed by atoms with van der Waals surface area (Å²) in [6, 6.07) is 12.2. The van der Waals surface area contributed by atoms with Crippen LogP contribution in [0.2, 0.25) is 0 Å². The number of nitrogens with two attached hydrogens (primary N) is 1. The van der Waals surface area contributed by atoms with E-state index in [9.17, 15) is 4.79 Å². The topological polar surface area (TPSA) is 101 Å². The number of amides is 1. The quantitative estimate of drug-likeness (QED) is 0.242. The van der Waals surface area contributed by atoms with Crippen molar-refractivity contribution in [1.29, 1.82) is 0 Å².